The van der Waals surface area contributed by atoms with E-state index < -0.39 is 33.8 Å². The van der Waals surface area contributed by atoms with Gasteiger partial charge in [-0.15, -0.1) is 0 Å². The van der Waals surface area contributed by atoms with Crippen LogP contribution >= 0.6 is 11.8 Å². The van der Waals surface area contributed by atoms with Gasteiger partial charge in [-0.2, -0.15) is 8.78 Å². The van der Waals surface area contributed by atoms with Gasteiger partial charge < -0.3 is 14.6 Å². The third kappa shape index (κ3) is 4.37. The van der Waals surface area contributed by atoms with E-state index in [9.17, 15) is 18.7 Å². The van der Waals surface area contributed by atoms with Gasteiger partial charge in [0.05, 0.1) is 6.61 Å². The van der Waals surface area contributed by atoms with Crippen LogP contribution in [-0.4, -0.2) is 45.5 Å². The molecule has 0 aliphatic carbocycles. The molecule has 1 fully saturated rings. The summed E-state index contributed by atoms with van der Waals surface area (Å²) in [5.41, 5.74) is 0. The second kappa shape index (κ2) is 5.27. The normalized spacial score (nSPS) is 25.4. The van der Waals surface area contributed by atoms with Gasteiger partial charge in [0, 0.05) is 4.75 Å². The van der Waals surface area contributed by atoms with Crippen molar-refractivity contribution in [1.29, 1.82) is 0 Å². The molecule has 0 aromatic carbocycles. The van der Waals surface area contributed by atoms with Crippen LogP contribution in [0.5, 0.6) is 0 Å². The lowest BCUT2D eigenvalue weighted by molar-refractivity contribution is -0.188. The van der Waals surface area contributed by atoms with Gasteiger partial charge in [0.15, 0.2) is 11.9 Å². The van der Waals surface area contributed by atoms with Gasteiger partial charge in [-0.25, -0.2) is 0 Å². The van der Waals surface area contributed by atoms with E-state index >= 15 is 0 Å². The minimum Gasteiger partial charge on any atom is -0.383 e. The van der Waals surface area contributed by atoms with Crippen molar-refractivity contribution in [3.63, 3.8) is 0 Å². The monoisotopic (exact) mass is 298 g/mol. The van der Waals surface area contributed by atoms with Crippen LogP contribution in [0.2, 0.25) is 0 Å². The first-order valence-electron chi connectivity index (χ1n) is 5.96. The molecular weight excluding hydrogens is 278 g/mol. The van der Waals surface area contributed by atoms with Crippen LogP contribution in [0.15, 0.2) is 0 Å². The van der Waals surface area contributed by atoms with Crippen LogP contribution < -0.4 is 0 Å². The predicted octanol–water partition coefficient (Wildman–Crippen LogP) is 2.19. The van der Waals surface area contributed by atoms with Crippen LogP contribution in [0.25, 0.3) is 0 Å². The third-order valence-corrected chi connectivity index (χ3v) is 3.49. The highest BCUT2D eigenvalue weighted by molar-refractivity contribution is 8.14. The van der Waals surface area contributed by atoms with Gasteiger partial charge in [-0.1, -0.05) is 32.5 Å². The standard InChI is InChI=1S/C12H20F2O4S/c1-10(2,3)19-9(16)12(13,14)8(15)7-6-17-11(4,5)18-7/h7-8,15H,6H2,1-5H3/t7-,8?/m1/s1. The number of hydrogen-bond acceptors (Lipinski definition) is 5. The average Bonchev–Trinajstić information content (AvgIpc) is 2.55. The fourth-order valence-electron chi connectivity index (χ4n) is 1.57. The highest BCUT2D eigenvalue weighted by Crippen LogP contribution is 2.37. The predicted molar refractivity (Wildman–Crippen MR) is 68.2 cm³/mol. The van der Waals surface area contributed by atoms with E-state index in [1.807, 2.05) is 0 Å². The van der Waals surface area contributed by atoms with Gasteiger partial charge in [0.1, 0.15) is 6.10 Å². The summed E-state index contributed by atoms with van der Waals surface area (Å²) in [7, 11) is 0. The third-order valence-electron chi connectivity index (χ3n) is 2.43. The Kier molecular flexibility index (Phi) is 4.67. The first-order chi connectivity index (χ1) is 8.35. The van der Waals surface area contributed by atoms with E-state index in [4.69, 9.17) is 9.47 Å². The highest BCUT2D eigenvalue weighted by atomic mass is 32.2. The molecule has 0 radical (unpaired) electrons. The smallest absolute Gasteiger partial charge is 0.343 e. The quantitative estimate of drug-likeness (QED) is 0.865. The second-order valence-electron chi connectivity index (χ2n) is 5.94. The fraction of sp³-hybridized carbons (Fsp3) is 0.917. The molecule has 1 N–H and O–H groups in total. The second-order valence-corrected chi connectivity index (χ2v) is 7.74. The topological polar surface area (TPSA) is 55.8 Å². The van der Waals surface area contributed by atoms with Crippen LogP contribution in [0.3, 0.4) is 0 Å². The van der Waals surface area contributed by atoms with Crippen molar-refractivity contribution in [2.75, 3.05) is 6.61 Å². The molecule has 1 rings (SSSR count). The summed E-state index contributed by atoms with van der Waals surface area (Å²) >= 11 is 0.505. The molecule has 0 saturated carbocycles. The summed E-state index contributed by atoms with van der Waals surface area (Å²) in [6.07, 6.45) is -3.42. The number of rotatable bonds is 3. The Balaban J connectivity index is 2.74. The molecule has 0 bridgehead atoms. The summed E-state index contributed by atoms with van der Waals surface area (Å²) in [5, 5.41) is 8.33. The Hall–Kier alpha value is -0.240. The van der Waals surface area contributed by atoms with Crippen LogP contribution in [0, 0.1) is 0 Å². The molecular formula is C12H20F2O4S. The zero-order valence-electron chi connectivity index (χ0n) is 11.7. The molecule has 1 aliphatic rings. The van der Waals surface area contributed by atoms with E-state index in [-0.39, 0.29) is 6.61 Å². The molecule has 1 unspecified atom stereocenters. The zero-order chi connectivity index (χ0) is 15.1. The molecule has 1 saturated heterocycles. The van der Waals surface area contributed by atoms with Crippen molar-refractivity contribution < 1.29 is 28.2 Å². The summed E-state index contributed by atoms with van der Waals surface area (Å²) in [6, 6.07) is 0. The number of hydrogen-bond donors (Lipinski definition) is 1. The molecule has 2 atom stereocenters. The molecule has 1 aliphatic heterocycles. The minimum atomic E-state index is -3.87. The number of aliphatic hydroxyl groups is 1. The minimum absolute atomic E-state index is 0.169. The van der Waals surface area contributed by atoms with Crippen molar-refractivity contribution in [1.82, 2.24) is 0 Å². The SMILES string of the molecule is CC1(C)OC[C@H](C(O)C(F)(F)C(=O)SC(C)(C)C)O1. The van der Waals surface area contributed by atoms with Gasteiger partial charge in [0.25, 0.3) is 5.12 Å². The number of aliphatic hydroxyl groups excluding tert-OH is 1. The molecule has 112 valence electrons. The number of thioether (sulfide) groups is 1. The largest absolute Gasteiger partial charge is 0.383 e. The molecule has 1 heterocycles. The number of halogens is 2. The van der Waals surface area contributed by atoms with Gasteiger partial charge in [0.2, 0.25) is 0 Å². The van der Waals surface area contributed by atoms with Gasteiger partial charge in [-0.05, 0) is 13.8 Å². The highest BCUT2D eigenvalue weighted by Gasteiger charge is 2.54. The van der Waals surface area contributed by atoms with Crippen LogP contribution in [-0.2, 0) is 14.3 Å². The Morgan fingerprint density at radius 2 is 1.95 bits per heavy atom. The number of ether oxygens (including phenoxy) is 2. The lowest BCUT2D eigenvalue weighted by Gasteiger charge is -2.27. The van der Waals surface area contributed by atoms with E-state index in [1.165, 1.54) is 0 Å². The number of carbonyl (C=O) groups is 1. The maximum Gasteiger partial charge on any atom is 0.343 e. The van der Waals surface area contributed by atoms with Crippen molar-refractivity contribution in [3.05, 3.63) is 0 Å². The maximum absolute atomic E-state index is 13.9. The molecule has 0 spiro atoms. The van der Waals surface area contributed by atoms with Gasteiger partial charge in [-0.3, -0.25) is 4.79 Å². The number of alkyl halides is 2. The van der Waals surface area contributed by atoms with Crippen molar-refractivity contribution in [3.8, 4) is 0 Å². The molecule has 4 nitrogen and oxygen atoms in total. The average molecular weight is 298 g/mol. The molecule has 7 heteroatoms. The molecule has 19 heavy (non-hydrogen) atoms. The van der Waals surface area contributed by atoms with E-state index in [0.29, 0.717) is 11.8 Å². The lowest BCUT2D eigenvalue weighted by atomic mass is 10.1. The Morgan fingerprint density at radius 1 is 1.42 bits per heavy atom. The fourth-order valence-corrected chi connectivity index (χ4v) is 2.38. The van der Waals surface area contributed by atoms with Gasteiger partial charge >= 0.3 is 5.92 Å². The number of carbonyl (C=O) groups excluding carboxylic acids is 1. The van der Waals surface area contributed by atoms with Crippen LogP contribution in [0.1, 0.15) is 34.6 Å². The summed E-state index contributed by atoms with van der Waals surface area (Å²) in [6.45, 7) is 7.90. The maximum atomic E-state index is 13.9. The van der Waals surface area contributed by atoms with E-state index in [1.54, 1.807) is 34.6 Å². The van der Waals surface area contributed by atoms with E-state index in [2.05, 4.69) is 0 Å². The van der Waals surface area contributed by atoms with Crippen LogP contribution in [0.4, 0.5) is 8.78 Å². The molecule has 0 aromatic heterocycles. The Morgan fingerprint density at radius 3 is 2.32 bits per heavy atom. The summed E-state index contributed by atoms with van der Waals surface area (Å²) < 4.78 is 37.4. The lowest BCUT2D eigenvalue weighted by Crippen LogP contribution is -2.49. The van der Waals surface area contributed by atoms with Crippen molar-refractivity contribution in [2.24, 2.45) is 0 Å². The first kappa shape index (κ1) is 16.8. The zero-order valence-corrected chi connectivity index (χ0v) is 12.5. The first-order valence-corrected chi connectivity index (χ1v) is 6.78. The molecule has 0 amide bonds. The summed E-state index contributed by atoms with van der Waals surface area (Å²) in [4.78, 5) is 11.6. The molecule has 0 aromatic rings. The van der Waals surface area contributed by atoms with Crippen molar-refractivity contribution >= 4 is 16.9 Å². The van der Waals surface area contributed by atoms with E-state index in [0.717, 1.165) is 0 Å². The van der Waals surface area contributed by atoms with Crippen molar-refractivity contribution in [2.45, 2.75) is 63.3 Å². The summed E-state index contributed by atoms with van der Waals surface area (Å²) in [5.74, 6) is -4.89. The Labute approximate surface area is 115 Å². The Bertz CT molecular complexity index is 352.